The van der Waals surface area contributed by atoms with Crippen LogP contribution in [-0.4, -0.2) is 0 Å². The zero-order valence-corrected chi connectivity index (χ0v) is 16.8. The minimum atomic E-state index is -0.289. The molecule has 0 bridgehead atoms. The lowest BCUT2D eigenvalue weighted by Crippen LogP contribution is -2.26. The minimum Gasteiger partial charge on any atom is -0.0984 e. The molecule has 130 valence electrons. The molecule has 0 amide bonds. The van der Waals surface area contributed by atoms with Crippen LogP contribution in [0.3, 0.4) is 0 Å². The van der Waals surface area contributed by atoms with Crippen molar-refractivity contribution in [1.29, 1.82) is 0 Å². The Hall–Kier alpha value is -2.64. The van der Waals surface area contributed by atoms with Gasteiger partial charge in [-0.1, -0.05) is 101 Å². The highest BCUT2D eigenvalue weighted by molar-refractivity contribution is 9.10. The van der Waals surface area contributed by atoms with Crippen LogP contribution >= 0.6 is 15.9 Å². The number of fused-ring (bicyclic) bond motifs is 7. The van der Waals surface area contributed by atoms with Crippen LogP contribution in [0.5, 0.6) is 0 Å². The third kappa shape index (κ3) is 1.93. The maximum atomic E-state index is 4.17. The number of hydrogen-bond acceptors (Lipinski definition) is 0. The molecule has 0 heterocycles. The summed E-state index contributed by atoms with van der Waals surface area (Å²) in [5.74, 6) is 0. The van der Waals surface area contributed by atoms with Crippen molar-refractivity contribution in [2.24, 2.45) is 0 Å². The Bertz CT molecular complexity index is 1110. The first-order chi connectivity index (χ1) is 13.2. The molecule has 0 aromatic heterocycles. The summed E-state index contributed by atoms with van der Waals surface area (Å²) >= 11 is 3.81. The van der Waals surface area contributed by atoms with Gasteiger partial charge < -0.3 is 0 Å². The fraction of sp³-hybridized carbons (Fsp3) is 0.0769. The summed E-state index contributed by atoms with van der Waals surface area (Å²) in [6, 6.07) is 24.2. The van der Waals surface area contributed by atoms with Gasteiger partial charge in [0.1, 0.15) is 0 Å². The van der Waals surface area contributed by atoms with Crippen LogP contribution in [0.1, 0.15) is 29.2 Å². The Kier molecular flexibility index (Phi) is 3.63. The van der Waals surface area contributed by atoms with E-state index in [-0.39, 0.29) is 5.41 Å². The lowest BCUT2D eigenvalue weighted by Gasteiger charge is -2.31. The van der Waals surface area contributed by atoms with Gasteiger partial charge in [0.2, 0.25) is 0 Å². The normalized spacial score (nSPS) is 15.9. The molecule has 5 rings (SSSR count). The quantitative estimate of drug-likeness (QED) is 0.415. The number of hydrogen-bond donors (Lipinski definition) is 0. The predicted molar refractivity (Wildman–Crippen MR) is 118 cm³/mol. The molecule has 3 aromatic rings. The second-order valence-corrected chi connectivity index (χ2v) is 7.89. The Morgan fingerprint density at radius 1 is 0.815 bits per heavy atom. The summed E-state index contributed by atoms with van der Waals surface area (Å²) in [4.78, 5) is 0. The van der Waals surface area contributed by atoms with Crippen molar-refractivity contribution in [1.82, 2.24) is 0 Å². The van der Waals surface area contributed by atoms with Crippen LogP contribution in [0, 0.1) is 0 Å². The van der Waals surface area contributed by atoms with Crippen molar-refractivity contribution in [2.45, 2.75) is 12.3 Å². The van der Waals surface area contributed by atoms with Crippen molar-refractivity contribution in [2.75, 3.05) is 0 Å². The molecule has 1 spiro atoms. The number of halogens is 1. The van der Waals surface area contributed by atoms with Crippen LogP contribution in [0.4, 0.5) is 0 Å². The van der Waals surface area contributed by atoms with Crippen molar-refractivity contribution < 1.29 is 0 Å². The Labute approximate surface area is 168 Å². The van der Waals surface area contributed by atoms with E-state index in [0.29, 0.717) is 0 Å². The highest BCUT2D eigenvalue weighted by Gasteiger charge is 2.51. The van der Waals surface area contributed by atoms with E-state index < -0.39 is 0 Å². The molecule has 0 radical (unpaired) electrons. The molecular formula is C26H19Br. The molecular weight excluding hydrogens is 392 g/mol. The second kappa shape index (κ2) is 5.94. The van der Waals surface area contributed by atoms with Gasteiger partial charge in [-0.2, -0.15) is 0 Å². The number of rotatable bonds is 2. The van der Waals surface area contributed by atoms with Crippen molar-refractivity contribution in [3.8, 4) is 11.1 Å². The standard InChI is InChI=1S/C26H19Br/c1-3-10-20-17(4-2)25-23(15-9-16-24(25)27)26(20)21-13-7-5-11-18(21)19-12-6-8-14-22(19)26/h3-16H,2H2,1H3/b10-3-. The van der Waals surface area contributed by atoms with Gasteiger partial charge in [0.15, 0.2) is 0 Å². The van der Waals surface area contributed by atoms with E-state index >= 15 is 0 Å². The predicted octanol–water partition coefficient (Wildman–Crippen LogP) is 7.29. The van der Waals surface area contributed by atoms with E-state index in [0.717, 1.165) is 4.47 Å². The Morgan fingerprint density at radius 2 is 1.41 bits per heavy atom. The monoisotopic (exact) mass is 410 g/mol. The molecule has 0 nitrogen and oxygen atoms in total. The zero-order chi connectivity index (χ0) is 18.6. The largest absolute Gasteiger partial charge is 0.0984 e. The maximum absolute atomic E-state index is 4.17. The summed E-state index contributed by atoms with van der Waals surface area (Å²) < 4.78 is 1.12. The van der Waals surface area contributed by atoms with Gasteiger partial charge in [0.05, 0.1) is 5.41 Å². The first-order valence-electron chi connectivity index (χ1n) is 9.23. The lowest BCUT2D eigenvalue weighted by molar-refractivity contribution is 0.785. The van der Waals surface area contributed by atoms with E-state index in [1.165, 1.54) is 44.5 Å². The first kappa shape index (κ1) is 16.5. The molecule has 3 aromatic carbocycles. The zero-order valence-electron chi connectivity index (χ0n) is 15.2. The van der Waals surface area contributed by atoms with Crippen molar-refractivity contribution in [3.05, 3.63) is 124 Å². The van der Waals surface area contributed by atoms with E-state index in [1.54, 1.807) is 0 Å². The third-order valence-electron chi connectivity index (χ3n) is 5.87. The van der Waals surface area contributed by atoms with Gasteiger partial charge in [-0.25, -0.2) is 0 Å². The third-order valence-corrected chi connectivity index (χ3v) is 6.53. The summed E-state index contributed by atoms with van der Waals surface area (Å²) in [5.41, 5.74) is 10.2. The van der Waals surface area contributed by atoms with Crippen LogP contribution in [0.15, 0.2) is 102 Å². The van der Waals surface area contributed by atoms with Crippen LogP contribution in [0.2, 0.25) is 0 Å². The first-order valence-corrected chi connectivity index (χ1v) is 10.0. The molecule has 0 fully saturated rings. The minimum absolute atomic E-state index is 0.289. The fourth-order valence-corrected chi connectivity index (χ4v) is 5.58. The molecule has 0 saturated carbocycles. The Balaban J connectivity index is 2.05. The van der Waals surface area contributed by atoms with E-state index in [1.807, 2.05) is 6.08 Å². The van der Waals surface area contributed by atoms with Crippen molar-refractivity contribution in [3.63, 3.8) is 0 Å². The van der Waals surface area contributed by atoms with Crippen LogP contribution in [-0.2, 0) is 5.41 Å². The average molecular weight is 411 g/mol. The van der Waals surface area contributed by atoms with Gasteiger partial charge in [0.25, 0.3) is 0 Å². The van der Waals surface area contributed by atoms with Gasteiger partial charge in [-0.3, -0.25) is 0 Å². The molecule has 0 unspecified atom stereocenters. The maximum Gasteiger partial charge on any atom is 0.0725 e. The topological polar surface area (TPSA) is 0 Å². The molecule has 1 heteroatoms. The number of benzene rings is 3. The van der Waals surface area contributed by atoms with Gasteiger partial charge >= 0.3 is 0 Å². The van der Waals surface area contributed by atoms with E-state index in [4.69, 9.17) is 0 Å². The SMILES string of the molecule is C=CC1=C(/C=C\C)C2(c3ccccc3-c3ccccc32)c2cccc(Br)c21. The molecule has 0 aliphatic heterocycles. The highest BCUT2D eigenvalue weighted by Crippen LogP contribution is 2.62. The molecule has 0 saturated heterocycles. The van der Waals surface area contributed by atoms with Gasteiger partial charge in [-0.15, -0.1) is 0 Å². The number of allylic oxidation sites excluding steroid dienone is 5. The summed E-state index contributed by atoms with van der Waals surface area (Å²) in [6.07, 6.45) is 6.42. The summed E-state index contributed by atoms with van der Waals surface area (Å²) in [6.45, 7) is 6.26. The second-order valence-electron chi connectivity index (χ2n) is 7.04. The summed E-state index contributed by atoms with van der Waals surface area (Å²) in [7, 11) is 0. The lowest BCUT2D eigenvalue weighted by atomic mass is 9.69. The summed E-state index contributed by atoms with van der Waals surface area (Å²) in [5, 5.41) is 0. The molecule has 2 aliphatic carbocycles. The molecule has 2 aliphatic rings. The van der Waals surface area contributed by atoms with Crippen LogP contribution < -0.4 is 0 Å². The average Bonchev–Trinajstić information content (AvgIpc) is 3.16. The van der Waals surface area contributed by atoms with E-state index in [9.17, 15) is 0 Å². The molecule has 0 N–H and O–H groups in total. The highest BCUT2D eigenvalue weighted by atomic mass is 79.9. The smallest absolute Gasteiger partial charge is 0.0725 e. The molecule has 0 atom stereocenters. The fourth-order valence-electron chi connectivity index (χ4n) is 5.00. The van der Waals surface area contributed by atoms with Gasteiger partial charge in [-0.05, 0) is 52.0 Å². The Morgan fingerprint density at radius 3 is 2.00 bits per heavy atom. The van der Waals surface area contributed by atoms with Crippen LogP contribution in [0.25, 0.3) is 16.7 Å². The van der Waals surface area contributed by atoms with Crippen molar-refractivity contribution >= 4 is 21.5 Å². The molecule has 27 heavy (non-hydrogen) atoms. The van der Waals surface area contributed by atoms with E-state index in [2.05, 4.69) is 108 Å². The van der Waals surface area contributed by atoms with Gasteiger partial charge in [0, 0.05) is 10.0 Å².